The molecule has 2 aromatic carbocycles. The summed E-state index contributed by atoms with van der Waals surface area (Å²) in [6.07, 6.45) is 0. The van der Waals surface area contributed by atoms with Gasteiger partial charge in [-0.05, 0) is 23.8 Å². The monoisotopic (exact) mass is 272 g/mol. The fourth-order valence-corrected chi connectivity index (χ4v) is 1.97. The maximum Gasteiger partial charge on any atom is 0.161 e. The standard InChI is InChI=1S/C16H20N2O2/c1-18(2)14-8-6-12(7-9-14)10-17-11-13-4-3-5-15(19)16(13)20/h3-9,17,19-20H,10-11H2,1-2H3. The fourth-order valence-electron chi connectivity index (χ4n) is 1.97. The smallest absolute Gasteiger partial charge is 0.161 e. The Morgan fingerprint density at radius 2 is 1.65 bits per heavy atom. The van der Waals surface area contributed by atoms with Gasteiger partial charge in [-0.3, -0.25) is 0 Å². The zero-order valence-corrected chi connectivity index (χ0v) is 11.8. The van der Waals surface area contributed by atoms with Crippen LogP contribution in [0.3, 0.4) is 0 Å². The van der Waals surface area contributed by atoms with Crippen LogP contribution >= 0.6 is 0 Å². The molecule has 0 radical (unpaired) electrons. The lowest BCUT2D eigenvalue weighted by molar-refractivity contribution is 0.397. The SMILES string of the molecule is CN(C)c1ccc(CNCc2cccc(O)c2O)cc1. The Morgan fingerprint density at radius 1 is 0.950 bits per heavy atom. The summed E-state index contributed by atoms with van der Waals surface area (Å²) in [6.45, 7) is 1.22. The molecule has 4 heteroatoms. The van der Waals surface area contributed by atoms with Crippen molar-refractivity contribution in [2.24, 2.45) is 0 Å². The molecular formula is C16H20N2O2. The van der Waals surface area contributed by atoms with E-state index in [0.717, 1.165) is 0 Å². The van der Waals surface area contributed by atoms with Gasteiger partial charge in [0.25, 0.3) is 0 Å². The summed E-state index contributed by atoms with van der Waals surface area (Å²) >= 11 is 0. The lowest BCUT2D eigenvalue weighted by Gasteiger charge is -2.13. The van der Waals surface area contributed by atoms with Crippen LogP contribution in [0.4, 0.5) is 5.69 Å². The third-order valence-electron chi connectivity index (χ3n) is 3.20. The van der Waals surface area contributed by atoms with Crippen molar-refractivity contribution in [3.8, 4) is 11.5 Å². The quantitative estimate of drug-likeness (QED) is 0.732. The van der Waals surface area contributed by atoms with Crippen molar-refractivity contribution in [1.29, 1.82) is 0 Å². The van der Waals surface area contributed by atoms with E-state index in [1.54, 1.807) is 12.1 Å². The molecule has 0 aliphatic rings. The second-order valence-electron chi connectivity index (χ2n) is 4.95. The Balaban J connectivity index is 1.91. The largest absolute Gasteiger partial charge is 0.504 e. The Hall–Kier alpha value is -2.20. The molecule has 0 bridgehead atoms. The molecule has 0 unspecified atom stereocenters. The van der Waals surface area contributed by atoms with E-state index < -0.39 is 0 Å². The van der Waals surface area contributed by atoms with Crippen LogP contribution in [0.5, 0.6) is 11.5 Å². The van der Waals surface area contributed by atoms with Gasteiger partial charge in [0, 0.05) is 38.4 Å². The maximum atomic E-state index is 9.70. The van der Waals surface area contributed by atoms with Gasteiger partial charge in [-0.25, -0.2) is 0 Å². The molecular weight excluding hydrogens is 252 g/mol. The number of anilines is 1. The van der Waals surface area contributed by atoms with E-state index >= 15 is 0 Å². The first-order valence-corrected chi connectivity index (χ1v) is 6.54. The van der Waals surface area contributed by atoms with Crippen molar-refractivity contribution in [2.45, 2.75) is 13.1 Å². The van der Waals surface area contributed by atoms with E-state index in [9.17, 15) is 10.2 Å². The van der Waals surface area contributed by atoms with Gasteiger partial charge in [0.2, 0.25) is 0 Å². The first-order chi connectivity index (χ1) is 9.58. The van der Waals surface area contributed by atoms with E-state index in [4.69, 9.17) is 0 Å². The van der Waals surface area contributed by atoms with Crippen LogP contribution in [-0.4, -0.2) is 24.3 Å². The highest BCUT2D eigenvalue weighted by Gasteiger charge is 2.05. The van der Waals surface area contributed by atoms with E-state index in [2.05, 4.69) is 34.5 Å². The topological polar surface area (TPSA) is 55.7 Å². The summed E-state index contributed by atoms with van der Waals surface area (Å²) in [7, 11) is 4.02. The lowest BCUT2D eigenvalue weighted by Crippen LogP contribution is -2.13. The second kappa shape index (κ2) is 6.30. The van der Waals surface area contributed by atoms with Crippen LogP contribution in [0, 0.1) is 0 Å². The Bertz CT molecular complexity index is 565. The molecule has 20 heavy (non-hydrogen) atoms. The zero-order chi connectivity index (χ0) is 14.5. The molecule has 0 spiro atoms. The van der Waals surface area contributed by atoms with Gasteiger partial charge in [0.05, 0.1) is 0 Å². The number of nitrogens with one attached hydrogen (secondary N) is 1. The summed E-state index contributed by atoms with van der Waals surface area (Å²) in [5, 5.41) is 22.4. The molecule has 0 amide bonds. The van der Waals surface area contributed by atoms with E-state index in [1.165, 1.54) is 17.3 Å². The van der Waals surface area contributed by atoms with Gasteiger partial charge >= 0.3 is 0 Å². The molecule has 0 heterocycles. The third-order valence-corrected chi connectivity index (χ3v) is 3.20. The van der Waals surface area contributed by atoms with Crippen LogP contribution < -0.4 is 10.2 Å². The minimum absolute atomic E-state index is 0.0528. The minimum Gasteiger partial charge on any atom is -0.504 e. The van der Waals surface area contributed by atoms with Crippen molar-refractivity contribution in [3.05, 3.63) is 53.6 Å². The van der Waals surface area contributed by atoms with E-state index in [-0.39, 0.29) is 11.5 Å². The Morgan fingerprint density at radius 3 is 2.30 bits per heavy atom. The molecule has 2 rings (SSSR count). The highest BCUT2D eigenvalue weighted by Crippen LogP contribution is 2.27. The van der Waals surface area contributed by atoms with Crippen molar-refractivity contribution < 1.29 is 10.2 Å². The zero-order valence-electron chi connectivity index (χ0n) is 11.8. The molecule has 0 fully saturated rings. The number of rotatable bonds is 5. The van der Waals surface area contributed by atoms with Crippen molar-refractivity contribution >= 4 is 5.69 Å². The number of benzene rings is 2. The predicted molar refractivity (Wildman–Crippen MR) is 81.1 cm³/mol. The average Bonchev–Trinajstić information content (AvgIpc) is 2.44. The third kappa shape index (κ3) is 3.42. The van der Waals surface area contributed by atoms with Gasteiger partial charge in [-0.1, -0.05) is 24.3 Å². The predicted octanol–water partition coefficient (Wildman–Crippen LogP) is 2.45. The van der Waals surface area contributed by atoms with Crippen LogP contribution in [0.2, 0.25) is 0 Å². The number of phenols is 2. The molecule has 0 aliphatic heterocycles. The normalized spacial score (nSPS) is 10.5. The van der Waals surface area contributed by atoms with Gasteiger partial charge in [-0.2, -0.15) is 0 Å². The maximum absolute atomic E-state index is 9.70. The van der Waals surface area contributed by atoms with E-state index in [1.807, 2.05) is 14.1 Å². The van der Waals surface area contributed by atoms with Gasteiger partial charge in [0.1, 0.15) is 0 Å². The second-order valence-corrected chi connectivity index (χ2v) is 4.95. The van der Waals surface area contributed by atoms with E-state index in [0.29, 0.717) is 18.7 Å². The summed E-state index contributed by atoms with van der Waals surface area (Å²) in [6, 6.07) is 13.3. The Kier molecular flexibility index (Phi) is 4.48. The Labute approximate surface area is 119 Å². The number of phenolic OH excluding ortho intramolecular Hbond substituents is 2. The summed E-state index contributed by atoms with van der Waals surface area (Å²) in [5.74, 6) is -0.136. The first-order valence-electron chi connectivity index (χ1n) is 6.54. The molecule has 0 atom stereocenters. The van der Waals surface area contributed by atoms with Gasteiger partial charge in [0.15, 0.2) is 11.5 Å². The summed E-state index contributed by atoms with van der Waals surface area (Å²) in [5.41, 5.74) is 3.03. The van der Waals surface area contributed by atoms with Crippen molar-refractivity contribution in [3.63, 3.8) is 0 Å². The number of nitrogens with zero attached hydrogens (tertiary/aromatic N) is 1. The summed E-state index contributed by atoms with van der Waals surface area (Å²) < 4.78 is 0. The first kappa shape index (κ1) is 14.2. The van der Waals surface area contributed by atoms with Gasteiger partial charge < -0.3 is 20.4 Å². The molecule has 0 saturated heterocycles. The fraction of sp³-hybridized carbons (Fsp3) is 0.250. The molecule has 0 aromatic heterocycles. The van der Waals surface area contributed by atoms with Crippen LogP contribution in [0.25, 0.3) is 0 Å². The molecule has 4 nitrogen and oxygen atoms in total. The summed E-state index contributed by atoms with van der Waals surface area (Å²) in [4.78, 5) is 2.06. The highest BCUT2D eigenvalue weighted by molar-refractivity contribution is 5.46. The number of hydrogen-bond donors (Lipinski definition) is 3. The van der Waals surface area contributed by atoms with Crippen LogP contribution in [0.1, 0.15) is 11.1 Å². The number of hydrogen-bond acceptors (Lipinski definition) is 4. The van der Waals surface area contributed by atoms with Crippen molar-refractivity contribution in [1.82, 2.24) is 5.32 Å². The average molecular weight is 272 g/mol. The van der Waals surface area contributed by atoms with Crippen molar-refractivity contribution in [2.75, 3.05) is 19.0 Å². The number of aromatic hydroxyl groups is 2. The highest BCUT2D eigenvalue weighted by atomic mass is 16.3. The molecule has 3 N–H and O–H groups in total. The molecule has 0 aliphatic carbocycles. The molecule has 2 aromatic rings. The lowest BCUT2D eigenvalue weighted by atomic mass is 10.1. The van der Waals surface area contributed by atoms with Gasteiger partial charge in [-0.15, -0.1) is 0 Å². The van der Waals surface area contributed by atoms with Crippen LogP contribution in [-0.2, 0) is 13.1 Å². The van der Waals surface area contributed by atoms with Crippen LogP contribution in [0.15, 0.2) is 42.5 Å². The minimum atomic E-state index is -0.0837. The molecule has 0 saturated carbocycles. The molecule has 106 valence electrons. The number of para-hydroxylation sites is 1.